The topological polar surface area (TPSA) is 87.4 Å². The normalized spacial score (nSPS) is 11.5. The zero-order valence-corrected chi connectivity index (χ0v) is 7.63. The van der Waals surface area contributed by atoms with Crippen molar-refractivity contribution in [2.45, 2.75) is 6.42 Å². The molecule has 0 fully saturated rings. The summed E-state index contributed by atoms with van der Waals surface area (Å²) in [5.41, 5.74) is 0. The Bertz CT molecular complexity index is 94.7. The van der Waals surface area contributed by atoms with Gasteiger partial charge in [0.2, 0.25) is 0 Å². The Labute approximate surface area is 77.6 Å². The van der Waals surface area contributed by atoms with Crippen LogP contribution in [0, 0.1) is 0 Å². The van der Waals surface area contributed by atoms with Crippen LogP contribution < -0.4 is 0 Å². The van der Waals surface area contributed by atoms with E-state index >= 15 is 0 Å². The second-order valence-electron chi connectivity index (χ2n) is 2.71. The van der Waals surface area contributed by atoms with Crippen LogP contribution in [0.15, 0.2) is 0 Å². The van der Waals surface area contributed by atoms with Crippen molar-refractivity contribution in [3.63, 3.8) is 0 Å². The second-order valence-corrected chi connectivity index (χ2v) is 2.71. The number of hydrogen-bond acceptors (Lipinski definition) is 6. The Balaban J connectivity index is 3.41. The minimum Gasteiger partial charge on any atom is -0.381 e. The molecule has 0 unspecified atom stereocenters. The molecule has 0 radical (unpaired) electrons. The van der Waals surface area contributed by atoms with E-state index in [1.54, 1.807) is 0 Å². The van der Waals surface area contributed by atoms with Gasteiger partial charge in [-0.3, -0.25) is 9.80 Å². The third kappa shape index (κ3) is 5.92. The van der Waals surface area contributed by atoms with Gasteiger partial charge < -0.3 is 20.4 Å². The minimum atomic E-state index is -0.186. The van der Waals surface area contributed by atoms with Crippen LogP contribution in [0.3, 0.4) is 0 Å². The third-order valence-electron chi connectivity index (χ3n) is 1.75. The van der Waals surface area contributed by atoms with Gasteiger partial charge in [-0.25, -0.2) is 0 Å². The molecule has 6 heteroatoms. The monoisotopic (exact) mass is 194 g/mol. The van der Waals surface area contributed by atoms with E-state index in [1.807, 2.05) is 0 Å². The molecule has 0 aromatic heterocycles. The van der Waals surface area contributed by atoms with Gasteiger partial charge in [-0.15, -0.1) is 0 Å². The lowest BCUT2D eigenvalue weighted by Crippen LogP contribution is -2.32. The van der Waals surface area contributed by atoms with Crippen LogP contribution in [0.25, 0.3) is 0 Å². The van der Waals surface area contributed by atoms with Crippen LogP contribution in [-0.4, -0.2) is 70.2 Å². The van der Waals surface area contributed by atoms with Crippen molar-refractivity contribution < 1.29 is 20.4 Å². The molecule has 0 bridgehead atoms. The maximum absolute atomic E-state index is 8.66. The Hall–Kier alpha value is -0.240. The molecule has 0 aromatic carbocycles. The Morgan fingerprint density at radius 2 is 0.923 bits per heavy atom. The molecule has 0 amide bonds. The molecule has 0 aromatic rings. The summed E-state index contributed by atoms with van der Waals surface area (Å²) >= 11 is 0. The number of rotatable bonds is 8. The van der Waals surface area contributed by atoms with E-state index in [-0.39, 0.29) is 26.9 Å². The van der Waals surface area contributed by atoms with Crippen LogP contribution in [0.5, 0.6) is 0 Å². The van der Waals surface area contributed by atoms with Gasteiger partial charge in [0.15, 0.2) is 0 Å². The molecular formula is C7H18N2O4. The first-order valence-electron chi connectivity index (χ1n) is 4.16. The zero-order valence-electron chi connectivity index (χ0n) is 7.63. The van der Waals surface area contributed by atoms with Crippen molar-refractivity contribution >= 4 is 0 Å². The lowest BCUT2D eigenvalue weighted by atomic mass is 10.4. The van der Waals surface area contributed by atoms with Crippen LogP contribution in [0.1, 0.15) is 6.42 Å². The average molecular weight is 194 g/mol. The van der Waals surface area contributed by atoms with Gasteiger partial charge in [0.25, 0.3) is 0 Å². The van der Waals surface area contributed by atoms with Crippen molar-refractivity contribution in [3.8, 4) is 0 Å². The fourth-order valence-electron chi connectivity index (χ4n) is 0.890. The number of aliphatic hydroxyl groups is 4. The summed E-state index contributed by atoms with van der Waals surface area (Å²) in [5.74, 6) is 0. The molecule has 0 aliphatic rings. The molecule has 0 heterocycles. The van der Waals surface area contributed by atoms with E-state index < -0.39 is 0 Å². The lowest BCUT2D eigenvalue weighted by Gasteiger charge is -2.19. The van der Waals surface area contributed by atoms with E-state index in [9.17, 15) is 0 Å². The van der Waals surface area contributed by atoms with Gasteiger partial charge in [0.1, 0.15) is 0 Å². The molecule has 0 atom stereocenters. The molecule has 80 valence electrons. The lowest BCUT2D eigenvalue weighted by molar-refractivity contribution is 0.00931. The maximum Gasteiger partial charge on any atom is 0.0974 e. The predicted molar refractivity (Wildman–Crippen MR) is 46.4 cm³/mol. The van der Waals surface area contributed by atoms with E-state index in [0.717, 1.165) is 0 Å². The quantitative estimate of drug-likeness (QED) is 0.327. The molecule has 0 saturated carbocycles. The molecule has 0 aliphatic carbocycles. The van der Waals surface area contributed by atoms with Gasteiger partial charge >= 0.3 is 0 Å². The molecule has 0 rings (SSSR count). The molecule has 0 aliphatic heterocycles. The molecule has 4 N–H and O–H groups in total. The van der Waals surface area contributed by atoms with Crippen molar-refractivity contribution in [2.75, 3.05) is 40.0 Å². The highest BCUT2D eigenvalue weighted by molar-refractivity contribution is 4.51. The highest BCUT2D eigenvalue weighted by Crippen LogP contribution is 1.92. The zero-order chi connectivity index (χ0) is 10.1. The average Bonchev–Trinajstić information content (AvgIpc) is 2.19. The number of aliphatic hydroxyl groups excluding tert-OH is 4. The summed E-state index contributed by atoms with van der Waals surface area (Å²) in [4.78, 5) is 2.87. The van der Waals surface area contributed by atoms with E-state index in [4.69, 9.17) is 20.4 Å². The van der Waals surface area contributed by atoms with Crippen LogP contribution in [0.4, 0.5) is 0 Å². The molecule has 0 saturated heterocycles. The Morgan fingerprint density at radius 1 is 0.615 bits per heavy atom. The summed E-state index contributed by atoms with van der Waals surface area (Å²) in [6.45, 7) is 0.319. The Kier molecular flexibility index (Phi) is 8.21. The molecule has 6 nitrogen and oxygen atoms in total. The fraction of sp³-hybridized carbons (Fsp3) is 1.00. The first-order chi connectivity index (χ1) is 6.28. The fourth-order valence-corrected chi connectivity index (χ4v) is 0.890. The van der Waals surface area contributed by atoms with E-state index in [0.29, 0.717) is 19.5 Å². The van der Waals surface area contributed by atoms with Crippen LogP contribution in [-0.2, 0) is 0 Å². The molecular weight excluding hydrogens is 176 g/mol. The maximum atomic E-state index is 8.66. The van der Waals surface area contributed by atoms with Crippen molar-refractivity contribution in [1.82, 2.24) is 9.80 Å². The first kappa shape index (κ1) is 12.8. The smallest absolute Gasteiger partial charge is 0.0974 e. The highest BCUT2D eigenvalue weighted by atomic mass is 16.3. The summed E-state index contributed by atoms with van der Waals surface area (Å²) in [6, 6.07) is 0. The van der Waals surface area contributed by atoms with Gasteiger partial charge in [-0.2, -0.15) is 0 Å². The van der Waals surface area contributed by atoms with Crippen molar-refractivity contribution in [1.29, 1.82) is 0 Å². The largest absolute Gasteiger partial charge is 0.381 e. The number of nitrogens with zero attached hydrogens (tertiary/aromatic N) is 2. The summed E-state index contributed by atoms with van der Waals surface area (Å²) in [5, 5.41) is 34.6. The van der Waals surface area contributed by atoms with E-state index in [1.165, 1.54) is 9.80 Å². The standard InChI is InChI=1S/C7H18N2O4/c10-4-8(5-11)2-1-3-9(6-12)7-13/h10-13H,1-7H2. The third-order valence-corrected chi connectivity index (χ3v) is 1.75. The van der Waals surface area contributed by atoms with Crippen LogP contribution >= 0.6 is 0 Å². The van der Waals surface area contributed by atoms with Gasteiger partial charge in [0.05, 0.1) is 26.9 Å². The van der Waals surface area contributed by atoms with Crippen molar-refractivity contribution in [2.24, 2.45) is 0 Å². The summed E-state index contributed by atoms with van der Waals surface area (Å²) in [6.07, 6.45) is 0.669. The predicted octanol–water partition coefficient (Wildman–Crippen LogP) is -2.22. The summed E-state index contributed by atoms with van der Waals surface area (Å²) in [7, 11) is 0. The van der Waals surface area contributed by atoms with Gasteiger partial charge in [0, 0.05) is 13.1 Å². The Morgan fingerprint density at radius 3 is 1.15 bits per heavy atom. The van der Waals surface area contributed by atoms with Gasteiger partial charge in [-0.1, -0.05) is 0 Å². The first-order valence-corrected chi connectivity index (χ1v) is 4.16. The SMILES string of the molecule is OCN(CO)CCCN(CO)CO. The summed E-state index contributed by atoms with van der Waals surface area (Å²) < 4.78 is 0. The second kappa shape index (κ2) is 8.36. The van der Waals surface area contributed by atoms with Crippen molar-refractivity contribution in [3.05, 3.63) is 0 Å². The van der Waals surface area contributed by atoms with E-state index in [2.05, 4.69) is 0 Å². The number of hydrogen-bond donors (Lipinski definition) is 4. The van der Waals surface area contributed by atoms with Crippen LogP contribution in [0.2, 0.25) is 0 Å². The highest BCUT2D eigenvalue weighted by Gasteiger charge is 2.03. The minimum absolute atomic E-state index is 0.186. The molecule has 13 heavy (non-hydrogen) atoms. The van der Waals surface area contributed by atoms with Gasteiger partial charge in [-0.05, 0) is 6.42 Å². The molecule has 0 spiro atoms.